The molecule has 0 radical (unpaired) electrons. The average Bonchev–Trinajstić information content (AvgIpc) is 3.27. The maximum Gasteiger partial charge on any atom is 0.317 e. The van der Waals surface area contributed by atoms with Crippen molar-refractivity contribution in [3.05, 3.63) is 35.4 Å². The summed E-state index contributed by atoms with van der Waals surface area (Å²) in [5.74, 6) is 0.502. The van der Waals surface area contributed by atoms with Crippen LogP contribution in [0.5, 0.6) is 0 Å². The number of nitrogens with zero attached hydrogens (tertiary/aromatic N) is 2. The van der Waals surface area contributed by atoms with E-state index >= 15 is 0 Å². The minimum Gasteiger partial charge on any atom is -0.381 e. The van der Waals surface area contributed by atoms with Gasteiger partial charge in [-0.05, 0) is 44.5 Å². The third-order valence-corrected chi connectivity index (χ3v) is 4.69. The smallest absolute Gasteiger partial charge is 0.317 e. The van der Waals surface area contributed by atoms with Crippen molar-refractivity contribution >= 4 is 6.03 Å². The summed E-state index contributed by atoms with van der Waals surface area (Å²) in [4.78, 5) is 16.7. The molecule has 2 amide bonds. The van der Waals surface area contributed by atoms with E-state index in [4.69, 9.17) is 4.74 Å². The molecule has 1 saturated carbocycles. The van der Waals surface area contributed by atoms with Gasteiger partial charge in [0.1, 0.15) is 0 Å². The molecule has 1 N–H and O–H groups in total. The van der Waals surface area contributed by atoms with Crippen LogP contribution in [0.15, 0.2) is 24.3 Å². The molecule has 5 heteroatoms. The third-order valence-electron chi connectivity index (χ3n) is 4.69. The Labute approximate surface area is 145 Å². The summed E-state index contributed by atoms with van der Waals surface area (Å²) in [5.41, 5.74) is 2.43. The second kappa shape index (κ2) is 7.99. The Bertz CT molecular complexity index is 534. The van der Waals surface area contributed by atoms with Crippen molar-refractivity contribution < 1.29 is 9.53 Å². The molecule has 5 nitrogen and oxygen atoms in total. The zero-order valence-corrected chi connectivity index (χ0v) is 14.8. The first-order valence-electron chi connectivity index (χ1n) is 8.96. The first-order valence-corrected chi connectivity index (χ1v) is 8.96. The van der Waals surface area contributed by atoms with Crippen LogP contribution in [0.3, 0.4) is 0 Å². The second-order valence-corrected chi connectivity index (χ2v) is 7.33. The van der Waals surface area contributed by atoms with E-state index in [0.29, 0.717) is 18.5 Å². The Hall–Kier alpha value is -1.59. The lowest BCUT2D eigenvalue weighted by atomic mass is 10.1. The van der Waals surface area contributed by atoms with Gasteiger partial charge in [0.25, 0.3) is 0 Å². The first kappa shape index (κ1) is 17.2. The van der Waals surface area contributed by atoms with Crippen LogP contribution in [0.4, 0.5) is 4.79 Å². The molecule has 24 heavy (non-hydrogen) atoms. The summed E-state index contributed by atoms with van der Waals surface area (Å²) >= 11 is 0. The fourth-order valence-corrected chi connectivity index (χ4v) is 3.20. The van der Waals surface area contributed by atoms with Gasteiger partial charge < -0.3 is 19.9 Å². The lowest BCUT2D eigenvalue weighted by Gasteiger charge is -2.25. The van der Waals surface area contributed by atoms with Crippen LogP contribution >= 0.6 is 0 Å². The van der Waals surface area contributed by atoms with E-state index in [2.05, 4.69) is 48.6 Å². The van der Waals surface area contributed by atoms with Crippen molar-refractivity contribution in [2.45, 2.75) is 38.4 Å². The van der Waals surface area contributed by atoms with Gasteiger partial charge in [0, 0.05) is 38.2 Å². The van der Waals surface area contributed by atoms with Gasteiger partial charge in [-0.2, -0.15) is 0 Å². The molecule has 2 fully saturated rings. The molecule has 1 atom stereocenters. The molecule has 0 bridgehead atoms. The second-order valence-electron chi connectivity index (χ2n) is 7.33. The molecule has 1 aromatic rings. The minimum atomic E-state index is 0.0711. The lowest BCUT2D eigenvalue weighted by molar-refractivity contribution is 0.162. The summed E-state index contributed by atoms with van der Waals surface area (Å²) in [6, 6.07) is 8.98. The normalized spacial score (nSPS) is 20.4. The van der Waals surface area contributed by atoms with E-state index in [1.807, 2.05) is 4.90 Å². The minimum absolute atomic E-state index is 0.0711. The molecule has 0 aromatic heterocycles. The fraction of sp³-hybridized carbons (Fsp3) is 0.632. The number of rotatable bonds is 7. The van der Waals surface area contributed by atoms with E-state index in [1.165, 1.54) is 5.56 Å². The number of urea groups is 1. The summed E-state index contributed by atoms with van der Waals surface area (Å²) in [6.45, 7) is 3.99. The molecule has 1 aliphatic heterocycles. The Morgan fingerprint density at radius 1 is 1.17 bits per heavy atom. The molecule has 1 heterocycles. The molecule has 2 aliphatic rings. The van der Waals surface area contributed by atoms with Gasteiger partial charge in [0.05, 0.1) is 6.61 Å². The standard InChI is InChI=1S/C19H29N3O2/c1-21(2)12-16-5-3-15(4-6-16)11-20-19(23)22(18-7-8-18)13-17-9-10-24-14-17/h3-6,17-18H,7-14H2,1-2H3,(H,20,23). The molecule has 1 saturated heterocycles. The van der Waals surface area contributed by atoms with Gasteiger partial charge in [0.2, 0.25) is 0 Å². The summed E-state index contributed by atoms with van der Waals surface area (Å²) in [7, 11) is 4.13. The van der Waals surface area contributed by atoms with Gasteiger partial charge in [-0.3, -0.25) is 0 Å². The molecule has 1 aliphatic carbocycles. The lowest BCUT2D eigenvalue weighted by Crippen LogP contribution is -2.43. The Kier molecular flexibility index (Phi) is 5.74. The highest BCUT2D eigenvalue weighted by Gasteiger charge is 2.34. The third kappa shape index (κ3) is 4.95. The van der Waals surface area contributed by atoms with Crippen LogP contribution in [0.25, 0.3) is 0 Å². The number of nitrogens with one attached hydrogen (secondary N) is 1. The number of ether oxygens (including phenoxy) is 1. The monoisotopic (exact) mass is 331 g/mol. The SMILES string of the molecule is CN(C)Cc1ccc(CNC(=O)N(CC2CCOC2)C2CC2)cc1. The average molecular weight is 331 g/mol. The highest BCUT2D eigenvalue weighted by atomic mass is 16.5. The highest BCUT2D eigenvalue weighted by molar-refractivity contribution is 5.75. The zero-order chi connectivity index (χ0) is 16.9. The molecular weight excluding hydrogens is 302 g/mol. The number of carbonyl (C=O) groups is 1. The summed E-state index contributed by atoms with van der Waals surface area (Å²) in [6.07, 6.45) is 3.35. The van der Waals surface area contributed by atoms with Crippen LogP contribution in [-0.2, 0) is 17.8 Å². The zero-order valence-electron chi connectivity index (χ0n) is 14.8. The quantitative estimate of drug-likeness (QED) is 0.835. The van der Waals surface area contributed by atoms with E-state index in [-0.39, 0.29) is 6.03 Å². The fourth-order valence-electron chi connectivity index (χ4n) is 3.20. The van der Waals surface area contributed by atoms with E-state index in [0.717, 1.165) is 51.1 Å². The van der Waals surface area contributed by atoms with Gasteiger partial charge in [0.15, 0.2) is 0 Å². The summed E-state index contributed by atoms with van der Waals surface area (Å²) in [5, 5.41) is 3.09. The summed E-state index contributed by atoms with van der Waals surface area (Å²) < 4.78 is 5.44. The molecule has 1 aromatic carbocycles. The van der Waals surface area contributed by atoms with E-state index < -0.39 is 0 Å². The van der Waals surface area contributed by atoms with Crippen molar-refractivity contribution in [3.63, 3.8) is 0 Å². The van der Waals surface area contributed by atoms with Gasteiger partial charge in [-0.15, -0.1) is 0 Å². The predicted octanol–water partition coefficient (Wildman–Crippen LogP) is 2.46. The number of amides is 2. The number of carbonyl (C=O) groups excluding carboxylic acids is 1. The molecular formula is C19H29N3O2. The van der Waals surface area contributed by atoms with Crippen molar-refractivity contribution in [2.24, 2.45) is 5.92 Å². The maximum absolute atomic E-state index is 12.6. The Morgan fingerprint density at radius 2 is 1.88 bits per heavy atom. The van der Waals surface area contributed by atoms with Crippen molar-refractivity contribution in [3.8, 4) is 0 Å². The molecule has 3 rings (SSSR count). The predicted molar refractivity (Wildman–Crippen MR) is 94.7 cm³/mol. The van der Waals surface area contributed by atoms with E-state index in [1.54, 1.807) is 0 Å². The number of hydrogen-bond donors (Lipinski definition) is 1. The maximum atomic E-state index is 12.6. The van der Waals surface area contributed by atoms with Crippen LogP contribution < -0.4 is 5.32 Å². The van der Waals surface area contributed by atoms with Crippen molar-refractivity contribution in [1.82, 2.24) is 15.1 Å². The van der Waals surface area contributed by atoms with Gasteiger partial charge in [-0.25, -0.2) is 4.79 Å². The molecule has 1 unspecified atom stereocenters. The van der Waals surface area contributed by atoms with Crippen LogP contribution in [0, 0.1) is 5.92 Å². The molecule has 0 spiro atoms. The van der Waals surface area contributed by atoms with Crippen LogP contribution in [-0.4, -0.2) is 55.7 Å². The highest BCUT2D eigenvalue weighted by Crippen LogP contribution is 2.29. The first-order chi connectivity index (χ1) is 11.6. The Balaban J connectivity index is 1.49. The van der Waals surface area contributed by atoms with Crippen LogP contribution in [0.1, 0.15) is 30.4 Å². The number of benzene rings is 1. The van der Waals surface area contributed by atoms with Gasteiger partial charge in [-0.1, -0.05) is 24.3 Å². The topological polar surface area (TPSA) is 44.8 Å². The molecule has 132 valence electrons. The Morgan fingerprint density at radius 3 is 2.46 bits per heavy atom. The largest absolute Gasteiger partial charge is 0.381 e. The van der Waals surface area contributed by atoms with Crippen LogP contribution in [0.2, 0.25) is 0 Å². The van der Waals surface area contributed by atoms with Crippen molar-refractivity contribution in [2.75, 3.05) is 33.9 Å². The van der Waals surface area contributed by atoms with E-state index in [9.17, 15) is 4.79 Å². The number of hydrogen-bond acceptors (Lipinski definition) is 3. The van der Waals surface area contributed by atoms with Crippen molar-refractivity contribution in [1.29, 1.82) is 0 Å². The van der Waals surface area contributed by atoms with Gasteiger partial charge >= 0.3 is 6.03 Å².